The van der Waals surface area contributed by atoms with Crippen LogP contribution in [0.1, 0.15) is 20.8 Å². The number of amides is 3. The van der Waals surface area contributed by atoms with Gasteiger partial charge in [0.2, 0.25) is 17.7 Å². The molecule has 2 N–H and O–H groups in total. The number of hydrogen-bond donors (Lipinski definition) is 2. The third-order valence-corrected chi connectivity index (χ3v) is 6.96. The van der Waals surface area contributed by atoms with Crippen LogP contribution in [0.5, 0.6) is 0 Å². The lowest BCUT2D eigenvalue weighted by Gasteiger charge is -2.29. The molecule has 3 amide bonds. The predicted octanol–water partition coefficient (Wildman–Crippen LogP) is 0.887. The predicted molar refractivity (Wildman–Crippen MR) is 109 cm³/mol. The maximum atomic E-state index is 12.4. The fraction of sp³-hybridized carbons (Fsp3) is 0.500. The Hall–Kier alpha value is -2.07. The third-order valence-electron chi connectivity index (χ3n) is 4.24. The molecule has 8 nitrogen and oxygen atoms in total. The van der Waals surface area contributed by atoms with Gasteiger partial charge in [0, 0.05) is 30.6 Å². The van der Waals surface area contributed by atoms with Crippen molar-refractivity contribution >= 4 is 45.0 Å². The number of sulfone groups is 1. The van der Waals surface area contributed by atoms with E-state index in [2.05, 4.69) is 10.6 Å². The molecule has 1 heterocycles. The summed E-state index contributed by atoms with van der Waals surface area (Å²) in [5, 5.41) is 4.95. The van der Waals surface area contributed by atoms with E-state index in [-0.39, 0.29) is 42.3 Å². The fourth-order valence-electron chi connectivity index (χ4n) is 2.68. The topological polar surface area (TPSA) is 113 Å². The van der Waals surface area contributed by atoms with E-state index in [1.165, 1.54) is 23.6 Å². The largest absolute Gasteiger partial charge is 0.344 e. The molecular weight excluding hydrogens is 402 g/mol. The molecule has 1 fully saturated rings. The third kappa shape index (κ3) is 6.52. The first-order valence-electron chi connectivity index (χ1n) is 8.91. The van der Waals surface area contributed by atoms with Crippen LogP contribution in [0.4, 0.5) is 5.69 Å². The Morgan fingerprint density at radius 3 is 2.18 bits per heavy atom. The van der Waals surface area contributed by atoms with E-state index >= 15 is 0 Å². The maximum Gasteiger partial charge on any atom is 0.244 e. The second-order valence-corrected chi connectivity index (χ2v) is 10.4. The van der Waals surface area contributed by atoms with Crippen molar-refractivity contribution in [2.75, 3.05) is 29.9 Å². The van der Waals surface area contributed by atoms with Crippen LogP contribution in [0.15, 0.2) is 29.2 Å². The molecular formula is C18H25N3O5S2. The first-order chi connectivity index (χ1) is 13.1. The van der Waals surface area contributed by atoms with Crippen LogP contribution in [-0.2, 0) is 24.2 Å². The number of carbonyl (C=O) groups is 3. The van der Waals surface area contributed by atoms with Gasteiger partial charge < -0.3 is 15.5 Å². The van der Waals surface area contributed by atoms with Gasteiger partial charge in [0.15, 0.2) is 9.84 Å². The molecule has 0 bridgehead atoms. The second kappa shape index (κ2) is 9.42. The van der Waals surface area contributed by atoms with E-state index in [0.29, 0.717) is 5.69 Å². The molecule has 0 radical (unpaired) electrons. The Morgan fingerprint density at radius 2 is 1.64 bits per heavy atom. The molecule has 2 atom stereocenters. The molecule has 1 aromatic rings. The van der Waals surface area contributed by atoms with Gasteiger partial charge in [0.25, 0.3) is 0 Å². The van der Waals surface area contributed by atoms with Crippen LogP contribution in [0.3, 0.4) is 0 Å². The number of carbonyl (C=O) groups excluding carboxylic acids is 3. The minimum Gasteiger partial charge on any atom is -0.344 e. The highest BCUT2D eigenvalue weighted by Gasteiger charge is 2.29. The molecule has 1 aliphatic heterocycles. The SMILES string of the molecule is CC(=O)Nc1ccc(SC(C)C(=O)NC(C)C(=O)N2CCS(=O)(=O)CC2)cc1. The minimum atomic E-state index is -3.06. The Bertz CT molecular complexity index is 825. The van der Waals surface area contributed by atoms with E-state index in [0.717, 1.165) is 4.90 Å². The van der Waals surface area contributed by atoms with Crippen LogP contribution in [0.25, 0.3) is 0 Å². The molecule has 0 aliphatic carbocycles. The quantitative estimate of drug-likeness (QED) is 0.652. The van der Waals surface area contributed by atoms with E-state index < -0.39 is 21.1 Å². The summed E-state index contributed by atoms with van der Waals surface area (Å²) >= 11 is 1.34. The van der Waals surface area contributed by atoms with E-state index in [4.69, 9.17) is 0 Å². The summed E-state index contributed by atoms with van der Waals surface area (Å²) in [7, 11) is -3.06. The molecule has 10 heteroatoms. The van der Waals surface area contributed by atoms with Crippen molar-refractivity contribution in [3.63, 3.8) is 0 Å². The van der Waals surface area contributed by atoms with Gasteiger partial charge in [-0.2, -0.15) is 0 Å². The number of benzene rings is 1. The van der Waals surface area contributed by atoms with Crippen LogP contribution in [-0.4, -0.2) is 66.9 Å². The molecule has 2 rings (SSSR count). The lowest BCUT2D eigenvalue weighted by molar-refractivity contribution is -0.135. The van der Waals surface area contributed by atoms with Gasteiger partial charge in [0.1, 0.15) is 6.04 Å². The molecule has 0 aromatic heterocycles. The van der Waals surface area contributed by atoms with Gasteiger partial charge >= 0.3 is 0 Å². The normalized spacial score (nSPS) is 18.0. The van der Waals surface area contributed by atoms with Crippen molar-refractivity contribution in [1.82, 2.24) is 10.2 Å². The summed E-state index contributed by atoms with van der Waals surface area (Å²) in [6, 6.07) is 6.40. The number of anilines is 1. The highest BCUT2D eigenvalue weighted by molar-refractivity contribution is 8.00. The van der Waals surface area contributed by atoms with Crippen molar-refractivity contribution in [2.24, 2.45) is 0 Å². The fourth-order valence-corrected chi connectivity index (χ4v) is 4.75. The summed E-state index contributed by atoms with van der Waals surface area (Å²) < 4.78 is 22.9. The Balaban J connectivity index is 1.85. The van der Waals surface area contributed by atoms with Crippen LogP contribution >= 0.6 is 11.8 Å². The minimum absolute atomic E-state index is 0.0415. The summed E-state index contributed by atoms with van der Waals surface area (Å²) in [6.45, 7) is 5.09. The number of rotatable bonds is 6. The number of nitrogens with one attached hydrogen (secondary N) is 2. The van der Waals surface area contributed by atoms with Crippen LogP contribution < -0.4 is 10.6 Å². The number of thioether (sulfide) groups is 1. The molecule has 1 aromatic carbocycles. The number of hydrogen-bond acceptors (Lipinski definition) is 6. The van der Waals surface area contributed by atoms with Crippen molar-refractivity contribution < 1.29 is 22.8 Å². The summed E-state index contributed by atoms with van der Waals surface area (Å²) in [6.07, 6.45) is 0. The number of nitrogens with zero attached hydrogens (tertiary/aromatic N) is 1. The molecule has 2 unspecified atom stereocenters. The average Bonchev–Trinajstić information content (AvgIpc) is 2.62. The first-order valence-corrected chi connectivity index (χ1v) is 11.6. The van der Waals surface area contributed by atoms with Gasteiger partial charge in [-0.25, -0.2) is 8.42 Å². The van der Waals surface area contributed by atoms with Gasteiger partial charge in [-0.15, -0.1) is 11.8 Å². The second-order valence-electron chi connectivity index (χ2n) is 6.67. The Labute approximate surface area is 169 Å². The zero-order chi connectivity index (χ0) is 20.9. The zero-order valence-electron chi connectivity index (χ0n) is 16.1. The monoisotopic (exact) mass is 427 g/mol. The van der Waals surface area contributed by atoms with Gasteiger partial charge in [-0.05, 0) is 38.1 Å². The Morgan fingerprint density at radius 1 is 1.07 bits per heavy atom. The van der Waals surface area contributed by atoms with E-state index in [1.807, 2.05) is 12.1 Å². The van der Waals surface area contributed by atoms with Gasteiger partial charge in [-0.1, -0.05) is 0 Å². The lowest BCUT2D eigenvalue weighted by Crippen LogP contribution is -2.52. The molecule has 154 valence electrons. The average molecular weight is 428 g/mol. The molecule has 0 spiro atoms. The van der Waals surface area contributed by atoms with Crippen molar-refractivity contribution in [2.45, 2.75) is 37.0 Å². The highest BCUT2D eigenvalue weighted by atomic mass is 32.2. The van der Waals surface area contributed by atoms with Gasteiger partial charge in [0.05, 0.1) is 16.8 Å². The molecule has 1 aliphatic rings. The molecule has 28 heavy (non-hydrogen) atoms. The van der Waals surface area contributed by atoms with Crippen LogP contribution in [0, 0.1) is 0 Å². The molecule has 1 saturated heterocycles. The highest BCUT2D eigenvalue weighted by Crippen LogP contribution is 2.25. The van der Waals surface area contributed by atoms with Crippen molar-refractivity contribution in [3.8, 4) is 0 Å². The summed E-state index contributed by atoms with van der Waals surface area (Å²) in [5.74, 6) is -0.792. The van der Waals surface area contributed by atoms with Crippen molar-refractivity contribution in [3.05, 3.63) is 24.3 Å². The van der Waals surface area contributed by atoms with E-state index in [1.54, 1.807) is 26.0 Å². The van der Waals surface area contributed by atoms with E-state index in [9.17, 15) is 22.8 Å². The Kier molecular flexibility index (Phi) is 7.48. The lowest BCUT2D eigenvalue weighted by atomic mass is 10.2. The van der Waals surface area contributed by atoms with Gasteiger partial charge in [-0.3, -0.25) is 14.4 Å². The zero-order valence-corrected chi connectivity index (χ0v) is 17.7. The smallest absolute Gasteiger partial charge is 0.244 e. The van der Waals surface area contributed by atoms with Crippen LogP contribution in [0.2, 0.25) is 0 Å². The maximum absolute atomic E-state index is 12.4. The van der Waals surface area contributed by atoms with Crippen molar-refractivity contribution in [1.29, 1.82) is 0 Å². The molecule has 0 saturated carbocycles. The first kappa shape index (κ1) is 22.2. The summed E-state index contributed by atoms with van der Waals surface area (Å²) in [4.78, 5) is 38.2. The standard InChI is InChI=1S/C18H25N3O5S2/c1-12(18(24)21-8-10-28(25,26)11-9-21)19-17(23)13(2)27-16-6-4-15(5-7-16)20-14(3)22/h4-7,12-13H,8-11H2,1-3H3,(H,19,23)(H,20,22). The summed E-state index contributed by atoms with van der Waals surface area (Å²) in [5.41, 5.74) is 0.678.